The summed E-state index contributed by atoms with van der Waals surface area (Å²) in [6.45, 7) is 3.92. The van der Waals surface area contributed by atoms with Gasteiger partial charge in [-0.25, -0.2) is 0 Å². The monoisotopic (exact) mass is 413 g/mol. The van der Waals surface area contributed by atoms with Crippen LogP contribution in [-0.2, 0) is 4.79 Å². The summed E-state index contributed by atoms with van der Waals surface area (Å²) in [6, 6.07) is 11.2. The predicted octanol–water partition coefficient (Wildman–Crippen LogP) is 5.07. The molecule has 1 saturated carbocycles. The number of anilines is 2. The molecule has 2 aromatic rings. The predicted molar refractivity (Wildman–Crippen MR) is 119 cm³/mol. The van der Waals surface area contributed by atoms with E-state index in [0.29, 0.717) is 16.3 Å². The molecular weight excluding hydrogens is 386 g/mol. The molecule has 2 amide bonds. The third-order valence-electron chi connectivity index (χ3n) is 5.41. The summed E-state index contributed by atoms with van der Waals surface area (Å²) in [5, 5.41) is 9.76. The topological polar surface area (TPSA) is 70.2 Å². The number of carbonyl (C=O) groups excluding carboxylic acids is 2. The second-order valence-electron chi connectivity index (χ2n) is 7.65. The largest absolute Gasteiger partial charge is 0.376 e. The minimum Gasteiger partial charge on any atom is -0.376 e. The Kier molecular flexibility index (Phi) is 7.15. The lowest BCUT2D eigenvalue weighted by Gasteiger charge is -2.23. The summed E-state index contributed by atoms with van der Waals surface area (Å²) in [7, 11) is 0. The molecular formula is C23H28ClN3O2. The van der Waals surface area contributed by atoms with Crippen LogP contribution in [0.2, 0.25) is 5.02 Å². The van der Waals surface area contributed by atoms with E-state index < -0.39 is 0 Å². The molecule has 1 aliphatic rings. The first-order valence-corrected chi connectivity index (χ1v) is 10.5. The first kappa shape index (κ1) is 21.2. The average molecular weight is 414 g/mol. The highest BCUT2D eigenvalue weighted by atomic mass is 35.5. The van der Waals surface area contributed by atoms with Crippen molar-refractivity contribution >= 4 is 34.8 Å². The molecule has 1 aliphatic carbocycles. The van der Waals surface area contributed by atoms with Crippen LogP contribution >= 0.6 is 11.6 Å². The van der Waals surface area contributed by atoms with Gasteiger partial charge in [0.25, 0.3) is 5.91 Å². The van der Waals surface area contributed by atoms with Gasteiger partial charge in [-0.1, -0.05) is 36.9 Å². The van der Waals surface area contributed by atoms with Crippen LogP contribution in [0, 0.1) is 13.8 Å². The van der Waals surface area contributed by atoms with Gasteiger partial charge in [-0.05, 0) is 68.1 Å². The number of amides is 2. The molecule has 1 fully saturated rings. The Bertz CT molecular complexity index is 892. The molecule has 29 heavy (non-hydrogen) atoms. The fourth-order valence-electron chi connectivity index (χ4n) is 3.63. The minimum atomic E-state index is -0.158. The van der Waals surface area contributed by atoms with Crippen molar-refractivity contribution in [3.8, 4) is 0 Å². The van der Waals surface area contributed by atoms with Crippen molar-refractivity contribution in [1.82, 2.24) is 5.32 Å². The van der Waals surface area contributed by atoms with Gasteiger partial charge < -0.3 is 16.0 Å². The Balaban J connectivity index is 1.55. The van der Waals surface area contributed by atoms with E-state index in [1.807, 2.05) is 32.0 Å². The third kappa shape index (κ3) is 5.73. The zero-order valence-electron chi connectivity index (χ0n) is 17.0. The van der Waals surface area contributed by atoms with Crippen molar-refractivity contribution in [2.45, 2.75) is 52.0 Å². The Morgan fingerprint density at radius 1 is 1.03 bits per heavy atom. The molecule has 0 atom stereocenters. The summed E-state index contributed by atoms with van der Waals surface area (Å²) < 4.78 is 0. The second kappa shape index (κ2) is 9.79. The summed E-state index contributed by atoms with van der Waals surface area (Å²) in [6.07, 6.45) is 5.75. The highest BCUT2D eigenvalue weighted by molar-refractivity contribution is 6.31. The Morgan fingerprint density at radius 3 is 2.52 bits per heavy atom. The van der Waals surface area contributed by atoms with Gasteiger partial charge in [-0.2, -0.15) is 0 Å². The van der Waals surface area contributed by atoms with Gasteiger partial charge in [0.2, 0.25) is 5.91 Å². The fourth-order valence-corrected chi connectivity index (χ4v) is 3.81. The van der Waals surface area contributed by atoms with Gasteiger partial charge in [0.05, 0.1) is 6.54 Å². The lowest BCUT2D eigenvalue weighted by atomic mass is 9.95. The maximum absolute atomic E-state index is 12.5. The van der Waals surface area contributed by atoms with E-state index in [2.05, 4.69) is 16.0 Å². The number of rotatable bonds is 6. The standard InChI is InChI=1S/C23H28ClN3O2/c1-15-13-17(23(29)26-18-7-4-3-5-8-18)11-12-20(15)25-14-22(28)27-21-10-6-9-19(24)16(21)2/h6,9-13,18,25H,3-5,7-8,14H2,1-2H3,(H,26,29)(H,27,28). The smallest absolute Gasteiger partial charge is 0.251 e. The quantitative estimate of drug-likeness (QED) is 0.619. The molecule has 6 heteroatoms. The lowest BCUT2D eigenvalue weighted by Crippen LogP contribution is -2.36. The van der Waals surface area contributed by atoms with Gasteiger partial charge in [-0.3, -0.25) is 9.59 Å². The van der Waals surface area contributed by atoms with Crippen LogP contribution in [0.25, 0.3) is 0 Å². The molecule has 3 rings (SSSR count). The summed E-state index contributed by atoms with van der Waals surface area (Å²) >= 11 is 6.09. The summed E-state index contributed by atoms with van der Waals surface area (Å²) in [5.74, 6) is -0.186. The second-order valence-corrected chi connectivity index (χ2v) is 8.06. The number of benzene rings is 2. The molecule has 0 unspecified atom stereocenters. The van der Waals surface area contributed by atoms with Gasteiger partial charge in [-0.15, -0.1) is 0 Å². The lowest BCUT2D eigenvalue weighted by molar-refractivity contribution is -0.114. The van der Waals surface area contributed by atoms with Crippen molar-refractivity contribution in [3.05, 3.63) is 58.1 Å². The highest BCUT2D eigenvalue weighted by Gasteiger charge is 2.17. The molecule has 0 bridgehead atoms. The van der Waals surface area contributed by atoms with E-state index in [1.165, 1.54) is 19.3 Å². The van der Waals surface area contributed by atoms with Gasteiger partial charge >= 0.3 is 0 Å². The van der Waals surface area contributed by atoms with Gasteiger partial charge in [0.1, 0.15) is 0 Å². The Labute approximate surface area is 177 Å². The summed E-state index contributed by atoms with van der Waals surface area (Å²) in [5.41, 5.74) is 3.95. The zero-order valence-corrected chi connectivity index (χ0v) is 17.7. The van der Waals surface area contributed by atoms with E-state index >= 15 is 0 Å². The van der Waals surface area contributed by atoms with Crippen LogP contribution in [0.3, 0.4) is 0 Å². The zero-order chi connectivity index (χ0) is 20.8. The van der Waals surface area contributed by atoms with Crippen molar-refractivity contribution < 1.29 is 9.59 Å². The average Bonchev–Trinajstić information content (AvgIpc) is 2.71. The summed E-state index contributed by atoms with van der Waals surface area (Å²) in [4.78, 5) is 24.8. The van der Waals surface area contributed by atoms with E-state index in [-0.39, 0.29) is 24.4 Å². The van der Waals surface area contributed by atoms with Crippen LogP contribution in [0.15, 0.2) is 36.4 Å². The molecule has 0 radical (unpaired) electrons. The number of nitrogens with one attached hydrogen (secondary N) is 3. The molecule has 0 heterocycles. The van der Waals surface area contributed by atoms with Crippen molar-refractivity contribution in [1.29, 1.82) is 0 Å². The molecule has 0 spiro atoms. The molecule has 2 aromatic carbocycles. The Hall–Kier alpha value is -2.53. The normalized spacial score (nSPS) is 14.3. The van der Waals surface area contributed by atoms with Crippen LogP contribution in [0.1, 0.15) is 53.6 Å². The maximum atomic E-state index is 12.5. The van der Waals surface area contributed by atoms with Crippen molar-refractivity contribution in [3.63, 3.8) is 0 Å². The van der Waals surface area contributed by atoms with Crippen LogP contribution < -0.4 is 16.0 Å². The van der Waals surface area contributed by atoms with E-state index in [4.69, 9.17) is 11.6 Å². The van der Waals surface area contributed by atoms with Gasteiger partial charge in [0.15, 0.2) is 0 Å². The number of aryl methyl sites for hydroxylation is 1. The first-order valence-electron chi connectivity index (χ1n) is 10.1. The third-order valence-corrected chi connectivity index (χ3v) is 5.82. The molecule has 0 aromatic heterocycles. The fraction of sp³-hybridized carbons (Fsp3) is 0.391. The molecule has 5 nitrogen and oxygen atoms in total. The number of carbonyl (C=O) groups is 2. The highest BCUT2D eigenvalue weighted by Crippen LogP contribution is 2.23. The van der Waals surface area contributed by atoms with Crippen LogP contribution in [0.5, 0.6) is 0 Å². The Morgan fingerprint density at radius 2 is 1.79 bits per heavy atom. The van der Waals surface area contributed by atoms with E-state index in [1.54, 1.807) is 18.2 Å². The van der Waals surface area contributed by atoms with E-state index in [0.717, 1.165) is 29.7 Å². The van der Waals surface area contributed by atoms with Crippen LogP contribution in [-0.4, -0.2) is 24.4 Å². The van der Waals surface area contributed by atoms with E-state index in [9.17, 15) is 9.59 Å². The first-order chi connectivity index (χ1) is 13.9. The van der Waals surface area contributed by atoms with Crippen LogP contribution in [0.4, 0.5) is 11.4 Å². The molecule has 0 saturated heterocycles. The molecule has 3 N–H and O–H groups in total. The molecule has 154 valence electrons. The minimum absolute atomic E-state index is 0.0271. The SMILES string of the molecule is Cc1cc(C(=O)NC2CCCCC2)ccc1NCC(=O)Nc1cccc(Cl)c1C. The van der Waals surface area contributed by atoms with Crippen molar-refractivity contribution in [2.24, 2.45) is 0 Å². The number of hydrogen-bond acceptors (Lipinski definition) is 3. The number of halogens is 1. The number of hydrogen-bond donors (Lipinski definition) is 3. The van der Waals surface area contributed by atoms with Gasteiger partial charge in [0, 0.05) is 28.0 Å². The molecule has 0 aliphatic heterocycles. The van der Waals surface area contributed by atoms with Crippen molar-refractivity contribution in [2.75, 3.05) is 17.2 Å². The maximum Gasteiger partial charge on any atom is 0.251 e.